The number of nitrogens with one attached hydrogen (secondary N) is 1. The highest BCUT2D eigenvalue weighted by Crippen LogP contribution is 2.45. The fraction of sp³-hybridized carbons (Fsp3) is 0.867. The Labute approximate surface area is 117 Å². The zero-order chi connectivity index (χ0) is 13.4. The number of nitrogens with zero attached hydrogens (tertiary/aromatic N) is 1. The maximum atomic E-state index is 5.86. The van der Waals surface area contributed by atoms with E-state index in [-0.39, 0.29) is 5.54 Å². The minimum atomic E-state index is 0.251. The van der Waals surface area contributed by atoms with Crippen LogP contribution in [0.3, 0.4) is 0 Å². The predicted molar refractivity (Wildman–Crippen MR) is 79.0 cm³/mol. The summed E-state index contributed by atoms with van der Waals surface area (Å²) < 4.78 is 0. The molecule has 3 heteroatoms. The molecule has 0 amide bonds. The predicted octanol–water partition coefficient (Wildman–Crippen LogP) is 3.37. The lowest BCUT2D eigenvalue weighted by molar-refractivity contribution is 0.0126. The summed E-state index contributed by atoms with van der Waals surface area (Å²) in [7, 11) is 0. The fourth-order valence-electron chi connectivity index (χ4n) is 3.08. The summed E-state index contributed by atoms with van der Waals surface area (Å²) in [5.74, 6) is 0.870. The quantitative estimate of drug-likeness (QED) is 0.843. The van der Waals surface area contributed by atoms with E-state index in [1.165, 1.54) is 24.8 Å². The number of hydrogen-bond acceptors (Lipinski definition) is 2. The topological polar surface area (TPSA) is 15.3 Å². The summed E-state index contributed by atoms with van der Waals surface area (Å²) in [6, 6.07) is 0. The van der Waals surface area contributed by atoms with Gasteiger partial charge in [0.15, 0.2) is 0 Å². The average molecular weight is 271 g/mol. The van der Waals surface area contributed by atoms with Crippen LogP contribution in [0.25, 0.3) is 0 Å². The van der Waals surface area contributed by atoms with E-state index >= 15 is 0 Å². The smallest absolute Gasteiger partial charge is 0.0338 e. The molecule has 2 aliphatic rings. The molecule has 1 aliphatic carbocycles. The molecule has 0 aromatic rings. The highest BCUT2D eigenvalue weighted by Gasteiger charge is 2.50. The first-order valence-electron chi connectivity index (χ1n) is 7.19. The van der Waals surface area contributed by atoms with Crippen molar-refractivity contribution in [1.82, 2.24) is 10.2 Å². The van der Waals surface area contributed by atoms with Gasteiger partial charge < -0.3 is 5.32 Å². The van der Waals surface area contributed by atoms with E-state index in [1.807, 2.05) is 0 Å². The van der Waals surface area contributed by atoms with Gasteiger partial charge in [0.2, 0.25) is 0 Å². The molecule has 1 aliphatic heterocycles. The molecule has 2 atom stereocenters. The van der Waals surface area contributed by atoms with Crippen molar-refractivity contribution in [2.24, 2.45) is 5.92 Å². The molecule has 1 N–H and O–H groups in total. The number of piperazine rings is 1. The molecule has 1 saturated carbocycles. The van der Waals surface area contributed by atoms with Gasteiger partial charge in [0, 0.05) is 36.2 Å². The van der Waals surface area contributed by atoms with Gasteiger partial charge in [0.05, 0.1) is 0 Å². The van der Waals surface area contributed by atoms with Crippen LogP contribution in [0.2, 0.25) is 0 Å². The van der Waals surface area contributed by atoms with Crippen molar-refractivity contribution in [3.05, 3.63) is 11.1 Å². The summed E-state index contributed by atoms with van der Waals surface area (Å²) >= 11 is 5.86. The maximum Gasteiger partial charge on any atom is 0.0338 e. The monoisotopic (exact) mass is 270 g/mol. The lowest BCUT2D eigenvalue weighted by Gasteiger charge is -2.53. The zero-order valence-corrected chi connectivity index (χ0v) is 13.0. The third-order valence-electron chi connectivity index (χ3n) is 5.00. The molecule has 0 radical (unpaired) electrons. The average Bonchev–Trinajstić information content (AvgIpc) is 3.18. The molecule has 0 aromatic heterocycles. The Morgan fingerprint density at radius 2 is 2.11 bits per heavy atom. The van der Waals surface area contributed by atoms with E-state index < -0.39 is 0 Å². The molecular weight excluding hydrogens is 244 g/mol. The normalized spacial score (nSPS) is 39.1. The van der Waals surface area contributed by atoms with Crippen molar-refractivity contribution in [2.45, 2.75) is 58.0 Å². The van der Waals surface area contributed by atoms with Gasteiger partial charge in [-0.15, -0.1) is 0 Å². The van der Waals surface area contributed by atoms with Crippen LogP contribution in [0, 0.1) is 5.92 Å². The first-order valence-corrected chi connectivity index (χ1v) is 7.63. The summed E-state index contributed by atoms with van der Waals surface area (Å²) in [5.41, 5.74) is 3.57. The van der Waals surface area contributed by atoms with E-state index in [9.17, 15) is 0 Å². The van der Waals surface area contributed by atoms with Crippen molar-refractivity contribution in [2.75, 3.05) is 19.6 Å². The Morgan fingerprint density at radius 3 is 2.61 bits per heavy atom. The Hall–Kier alpha value is -0.0500. The molecule has 2 nitrogen and oxygen atoms in total. The molecular formula is C15H27ClN2. The van der Waals surface area contributed by atoms with Crippen LogP contribution in [0.1, 0.15) is 47.0 Å². The number of hydrogen-bond donors (Lipinski definition) is 1. The van der Waals surface area contributed by atoms with Crippen LogP contribution in [0.15, 0.2) is 11.1 Å². The summed E-state index contributed by atoms with van der Waals surface area (Å²) in [6.45, 7) is 12.4. The van der Waals surface area contributed by atoms with E-state index in [0.717, 1.165) is 25.6 Å². The SMILES string of the molecule is CCC1(C)CN(CC(C)=CCl)C(C)(C2CC2)CN1. The third kappa shape index (κ3) is 2.76. The molecule has 18 heavy (non-hydrogen) atoms. The van der Waals surface area contributed by atoms with Gasteiger partial charge in [0.1, 0.15) is 0 Å². The molecule has 0 bridgehead atoms. The standard InChI is InChI=1S/C15H27ClN2/c1-5-14(3)11-18(9-12(2)8-16)15(4,10-17-14)13-6-7-13/h8,13,17H,5-7,9-11H2,1-4H3. The van der Waals surface area contributed by atoms with Crippen molar-refractivity contribution in [3.8, 4) is 0 Å². The van der Waals surface area contributed by atoms with Crippen LogP contribution in [-0.2, 0) is 0 Å². The number of halogens is 1. The summed E-state index contributed by atoms with van der Waals surface area (Å²) in [6.07, 6.45) is 3.95. The van der Waals surface area contributed by atoms with Gasteiger partial charge >= 0.3 is 0 Å². The summed E-state index contributed by atoms with van der Waals surface area (Å²) in [5, 5.41) is 3.78. The Morgan fingerprint density at radius 1 is 1.44 bits per heavy atom. The molecule has 1 saturated heterocycles. The van der Waals surface area contributed by atoms with E-state index in [1.54, 1.807) is 5.54 Å². The molecule has 1 heterocycles. The minimum absolute atomic E-state index is 0.251. The van der Waals surface area contributed by atoms with Gasteiger partial charge in [-0.05, 0) is 51.5 Å². The second kappa shape index (κ2) is 5.15. The van der Waals surface area contributed by atoms with Gasteiger partial charge in [0.25, 0.3) is 0 Å². The number of rotatable bonds is 4. The first-order chi connectivity index (χ1) is 8.43. The van der Waals surface area contributed by atoms with E-state index in [0.29, 0.717) is 5.54 Å². The Bertz CT molecular complexity index is 337. The highest BCUT2D eigenvalue weighted by atomic mass is 35.5. The van der Waals surface area contributed by atoms with Crippen LogP contribution in [0.5, 0.6) is 0 Å². The molecule has 2 fully saturated rings. The molecule has 104 valence electrons. The maximum absolute atomic E-state index is 5.86. The lowest BCUT2D eigenvalue weighted by Crippen LogP contribution is -2.69. The van der Waals surface area contributed by atoms with Crippen molar-refractivity contribution in [3.63, 3.8) is 0 Å². The van der Waals surface area contributed by atoms with Crippen molar-refractivity contribution < 1.29 is 0 Å². The molecule has 2 unspecified atom stereocenters. The van der Waals surface area contributed by atoms with Gasteiger partial charge in [-0.25, -0.2) is 0 Å². The Kier molecular flexibility index (Phi) is 4.10. The zero-order valence-electron chi connectivity index (χ0n) is 12.2. The van der Waals surface area contributed by atoms with Gasteiger partial charge in [-0.2, -0.15) is 0 Å². The lowest BCUT2D eigenvalue weighted by atomic mass is 9.84. The van der Waals surface area contributed by atoms with Crippen LogP contribution < -0.4 is 5.32 Å². The third-order valence-corrected chi connectivity index (χ3v) is 5.37. The first kappa shape index (κ1) is 14.4. The Balaban J connectivity index is 2.15. The van der Waals surface area contributed by atoms with E-state index in [2.05, 4.69) is 37.9 Å². The van der Waals surface area contributed by atoms with Gasteiger partial charge in [-0.3, -0.25) is 4.90 Å². The van der Waals surface area contributed by atoms with Gasteiger partial charge in [-0.1, -0.05) is 18.5 Å². The van der Waals surface area contributed by atoms with Crippen LogP contribution >= 0.6 is 11.6 Å². The van der Waals surface area contributed by atoms with E-state index in [4.69, 9.17) is 11.6 Å². The van der Waals surface area contributed by atoms with Crippen molar-refractivity contribution >= 4 is 11.6 Å². The molecule has 0 spiro atoms. The molecule has 2 rings (SSSR count). The molecule has 0 aromatic carbocycles. The van der Waals surface area contributed by atoms with Crippen LogP contribution in [-0.4, -0.2) is 35.6 Å². The largest absolute Gasteiger partial charge is 0.308 e. The van der Waals surface area contributed by atoms with Crippen molar-refractivity contribution in [1.29, 1.82) is 0 Å². The highest BCUT2D eigenvalue weighted by molar-refractivity contribution is 6.25. The summed E-state index contributed by atoms with van der Waals surface area (Å²) in [4.78, 5) is 2.67. The van der Waals surface area contributed by atoms with Crippen LogP contribution in [0.4, 0.5) is 0 Å². The minimum Gasteiger partial charge on any atom is -0.308 e. The second-order valence-corrected chi connectivity index (χ2v) is 6.93. The fourth-order valence-corrected chi connectivity index (χ4v) is 3.15. The second-order valence-electron chi connectivity index (χ2n) is 6.71.